The van der Waals surface area contributed by atoms with E-state index in [0.717, 1.165) is 4.90 Å². The van der Waals surface area contributed by atoms with Crippen LogP contribution in [-0.4, -0.2) is 78.5 Å². The van der Waals surface area contributed by atoms with E-state index < -0.39 is 43.5 Å². The number of rotatable bonds is 2. The van der Waals surface area contributed by atoms with Crippen LogP contribution in [-0.2, 0) is 4.74 Å². The number of aromatic nitrogens is 2. The highest BCUT2D eigenvalue weighted by Crippen LogP contribution is 2.36. The Balaban J connectivity index is 1.91. The summed E-state index contributed by atoms with van der Waals surface area (Å²) in [6, 6.07) is 0. The molecule has 1 aromatic heterocycles. The summed E-state index contributed by atoms with van der Waals surface area (Å²) in [5, 5.41) is 38.9. The van der Waals surface area contributed by atoms with Crippen molar-refractivity contribution in [2.24, 2.45) is 10.7 Å². The number of guanidine groups is 1. The molecule has 1 saturated heterocycles. The highest BCUT2D eigenvalue weighted by Gasteiger charge is 2.44. The molecule has 3 rings (SSSR count). The number of nitrogens with zero attached hydrogens (tertiary/aromatic N) is 3. The van der Waals surface area contributed by atoms with Crippen LogP contribution in [0.15, 0.2) is 11.3 Å². The maximum absolute atomic E-state index is 14.7. The number of imidazole rings is 1. The van der Waals surface area contributed by atoms with Gasteiger partial charge in [-0.2, -0.15) is 4.99 Å². The smallest absolute Gasteiger partial charge is 0.221 e. The number of hydrogen-bond acceptors (Lipinski definition) is 9. The number of hydrogen-bond donors (Lipinski definition) is 6. The average Bonchev–Trinajstić information content (AvgIpc) is 2.95. The number of ether oxygens (including phenoxy) is 1. The normalized spacial score (nSPS) is 38.0. The number of halogens is 1. The first-order valence-electron chi connectivity index (χ1n) is 7.04. The van der Waals surface area contributed by atoms with Crippen LogP contribution in [0.25, 0.3) is 0 Å². The van der Waals surface area contributed by atoms with E-state index in [2.05, 4.69) is 15.0 Å². The number of H-pyrrole nitrogens is 1. The van der Waals surface area contributed by atoms with E-state index >= 15 is 0 Å². The zero-order valence-electron chi connectivity index (χ0n) is 11.9. The van der Waals surface area contributed by atoms with Crippen LogP contribution in [0.1, 0.15) is 18.4 Å². The van der Waals surface area contributed by atoms with E-state index in [-0.39, 0.29) is 23.9 Å². The number of aliphatic imine (C=N–C) groups is 1. The lowest BCUT2D eigenvalue weighted by atomic mass is 10.0. The lowest BCUT2D eigenvalue weighted by Gasteiger charge is -2.37. The highest BCUT2D eigenvalue weighted by molar-refractivity contribution is 5.83. The molecular weight excluding hydrogens is 313 g/mol. The van der Waals surface area contributed by atoms with Gasteiger partial charge in [-0.15, -0.1) is 0 Å². The molecule has 0 amide bonds. The Labute approximate surface area is 130 Å². The topological polar surface area (TPSA) is 160 Å². The standard InChI is InChI=1S/C12H18FN5O5/c13-10-7-11(16-3-15-7)17-12(14)18(10)6-1-4(20)8(21)9(22)5(2-19)23-6/h3-6,8-10,19-22H,1-2H2,(H2,14,17)(H,15,16)/t4-,5-,6?,8-,9-,10?/m1/s1. The average molecular weight is 331 g/mol. The summed E-state index contributed by atoms with van der Waals surface area (Å²) in [4.78, 5) is 11.3. The fourth-order valence-electron chi connectivity index (χ4n) is 2.74. The molecule has 2 aliphatic rings. The summed E-state index contributed by atoms with van der Waals surface area (Å²) in [5.74, 6) is -0.115. The fraction of sp³-hybridized carbons (Fsp3) is 0.667. The Morgan fingerprint density at radius 3 is 2.83 bits per heavy atom. The van der Waals surface area contributed by atoms with Crippen LogP contribution in [0.3, 0.4) is 0 Å². The minimum absolute atomic E-state index is 0.0724. The maximum Gasteiger partial charge on any atom is 0.221 e. The summed E-state index contributed by atoms with van der Waals surface area (Å²) in [6.45, 7) is -0.626. The molecule has 0 spiro atoms. The largest absolute Gasteiger partial charge is 0.394 e. The second-order valence-corrected chi connectivity index (χ2v) is 5.45. The van der Waals surface area contributed by atoms with Gasteiger partial charge in [0.1, 0.15) is 30.2 Å². The Bertz CT molecular complexity index is 598. The quantitative estimate of drug-likeness (QED) is 0.334. The van der Waals surface area contributed by atoms with Gasteiger partial charge in [-0.1, -0.05) is 0 Å². The van der Waals surface area contributed by atoms with Gasteiger partial charge in [0.25, 0.3) is 0 Å². The molecule has 1 aromatic rings. The molecule has 0 aromatic carbocycles. The number of aromatic amines is 1. The van der Waals surface area contributed by atoms with Crippen molar-refractivity contribution in [1.29, 1.82) is 0 Å². The Hall–Kier alpha value is -1.79. The summed E-state index contributed by atoms with van der Waals surface area (Å²) >= 11 is 0. The number of alkyl halides is 1. The number of nitrogens with two attached hydrogens (primary N) is 1. The Kier molecular flexibility index (Phi) is 4.21. The van der Waals surface area contributed by atoms with Crippen molar-refractivity contribution in [2.75, 3.05) is 6.61 Å². The van der Waals surface area contributed by atoms with Gasteiger partial charge in [0.15, 0.2) is 5.82 Å². The third-order valence-corrected chi connectivity index (χ3v) is 4.01. The van der Waals surface area contributed by atoms with Crippen LogP contribution in [0.2, 0.25) is 0 Å². The Morgan fingerprint density at radius 2 is 2.13 bits per heavy atom. The number of nitrogens with one attached hydrogen (secondary N) is 1. The molecule has 3 heterocycles. The zero-order valence-corrected chi connectivity index (χ0v) is 11.9. The molecule has 2 aliphatic heterocycles. The molecule has 128 valence electrons. The molecule has 23 heavy (non-hydrogen) atoms. The molecule has 0 aliphatic carbocycles. The van der Waals surface area contributed by atoms with Crippen LogP contribution >= 0.6 is 0 Å². The van der Waals surface area contributed by atoms with E-state index in [1.54, 1.807) is 0 Å². The predicted molar refractivity (Wildman–Crippen MR) is 73.9 cm³/mol. The summed E-state index contributed by atoms with van der Waals surface area (Å²) in [5.41, 5.74) is 5.83. The van der Waals surface area contributed by atoms with Crippen LogP contribution in [0, 0.1) is 0 Å². The van der Waals surface area contributed by atoms with Crippen molar-refractivity contribution in [3.63, 3.8) is 0 Å². The van der Waals surface area contributed by atoms with Crippen LogP contribution < -0.4 is 5.73 Å². The zero-order chi connectivity index (χ0) is 16.7. The van der Waals surface area contributed by atoms with Gasteiger partial charge in [0.2, 0.25) is 12.3 Å². The van der Waals surface area contributed by atoms with Crippen LogP contribution in [0.5, 0.6) is 0 Å². The van der Waals surface area contributed by atoms with Crippen molar-refractivity contribution in [3.05, 3.63) is 12.0 Å². The van der Waals surface area contributed by atoms with Crippen molar-refractivity contribution >= 4 is 11.8 Å². The van der Waals surface area contributed by atoms with E-state index in [0.29, 0.717) is 0 Å². The van der Waals surface area contributed by atoms with Crippen molar-refractivity contribution in [1.82, 2.24) is 14.9 Å². The monoisotopic (exact) mass is 331 g/mol. The highest BCUT2D eigenvalue weighted by atomic mass is 19.1. The van der Waals surface area contributed by atoms with E-state index in [4.69, 9.17) is 10.5 Å². The number of aliphatic hydroxyl groups is 4. The third-order valence-electron chi connectivity index (χ3n) is 4.01. The molecule has 11 heteroatoms. The molecular formula is C12H18FN5O5. The summed E-state index contributed by atoms with van der Waals surface area (Å²) in [7, 11) is 0. The van der Waals surface area contributed by atoms with Gasteiger partial charge in [-0.05, 0) is 0 Å². The summed E-state index contributed by atoms with van der Waals surface area (Å²) in [6.07, 6.45) is -7.56. The van der Waals surface area contributed by atoms with Crippen molar-refractivity contribution in [3.8, 4) is 0 Å². The number of aliphatic hydroxyl groups excluding tert-OH is 4. The molecule has 1 fully saturated rings. The van der Waals surface area contributed by atoms with Gasteiger partial charge >= 0.3 is 0 Å². The minimum Gasteiger partial charge on any atom is -0.394 e. The second kappa shape index (κ2) is 6.02. The molecule has 0 radical (unpaired) electrons. The van der Waals surface area contributed by atoms with E-state index in [1.807, 2.05) is 0 Å². The lowest BCUT2D eigenvalue weighted by Crippen LogP contribution is -2.50. The first-order valence-corrected chi connectivity index (χ1v) is 7.04. The molecule has 0 bridgehead atoms. The Morgan fingerprint density at radius 1 is 1.39 bits per heavy atom. The minimum atomic E-state index is -1.77. The lowest BCUT2D eigenvalue weighted by molar-refractivity contribution is -0.152. The van der Waals surface area contributed by atoms with Gasteiger partial charge < -0.3 is 35.9 Å². The van der Waals surface area contributed by atoms with Gasteiger partial charge in [0, 0.05) is 6.42 Å². The van der Waals surface area contributed by atoms with Gasteiger partial charge in [-0.3, -0.25) is 4.90 Å². The summed E-state index contributed by atoms with van der Waals surface area (Å²) < 4.78 is 20.2. The molecule has 6 atom stereocenters. The second-order valence-electron chi connectivity index (χ2n) is 5.45. The fourth-order valence-corrected chi connectivity index (χ4v) is 2.74. The van der Waals surface area contributed by atoms with Gasteiger partial charge in [-0.25, -0.2) is 9.37 Å². The maximum atomic E-state index is 14.7. The van der Waals surface area contributed by atoms with Crippen LogP contribution in [0.4, 0.5) is 10.2 Å². The van der Waals surface area contributed by atoms with Gasteiger partial charge in [0.05, 0.1) is 19.0 Å². The first-order chi connectivity index (χ1) is 10.9. The molecule has 2 unspecified atom stereocenters. The van der Waals surface area contributed by atoms with E-state index in [1.165, 1.54) is 6.33 Å². The third kappa shape index (κ3) is 2.66. The van der Waals surface area contributed by atoms with Crippen molar-refractivity contribution in [2.45, 2.75) is 43.4 Å². The first kappa shape index (κ1) is 16.1. The molecule has 10 nitrogen and oxygen atoms in total. The molecule has 7 N–H and O–H groups in total. The molecule has 0 saturated carbocycles. The number of fused-ring (bicyclic) bond motifs is 1. The van der Waals surface area contributed by atoms with Crippen molar-refractivity contribution < 1.29 is 29.6 Å². The predicted octanol–water partition coefficient (Wildman–Crippen LogP) is -2.17. The van der Waals surface area contributed by atoms with E-state index in [9.17, 15) is 24.8 Å². The SMILES string of the molecule is NC1=Nc2nc[nH]c2C(F)N1C1C[C@@H](O)[C@@H](O)[C@H](O)[C@@H](CO)O1.